The van der Waals surface area contributed by atoms with Crippen LogP contribution in [-0.2, 0) is 25.9 Å². The van der Waals surface area contributed by atoms with Crippen LogP contribution in [0, 0.1) is 5.92 Å². The maximum Gasteiger partial charge on any atom is 0.245 e. The van der Waals surface area contributed by atoms with Crippen molar-refractivity contribution in [3.05, 3.63) is 58.6 Å². The number of amides is 1. The van der Waals surface area contributed by atoms with E-state index in [1.54, 1.807) is 24.3 Å². The van der Waals surface area contributed by atoms with Crippen LogP contribution in [0.3, 0.4) is 0 Å². The van der Waals surface area contributed by atoms with Crippen LogP contribution in [0.5, 0.6) is 0 Å². The summed E-state index contributed by atoms with van der Waals surface area (Å²) in [6, 6.07) is 9.88. The lowest BCUT2D eigenvalue weighted by atomic mass is 10.1. The molecule has 0 bridgehead atoms. The van der Waals surface area contributed by atoms with Gasteiger partial charge in [0.25, 0.3) is 0 Å². The van der Waals surface area contributed by atoms with E-state index in [9.17, 15) is 18.0 Å². The van der Waals surface area contributed by atoms with E-state index in [0.29, 0.717) is 11.6 Å². The van der Waals surface area contributed by atoms with Gasteiger partial charge in [0.1, 0.15) is 6.61 Å². The molecule has 1 atom stereocenters. The van der Waals surface area contributed by atoms with Crippen LogP contribution >= 0.6 is 24.0 Å². The molecule has 10 heteroatoms. The number of benzene rings is 2. The Balaban J connectivity index is 0.00000363. The maximum atomic E-state index is 13.0. The first-order valence-electron chi connectivity index (χ1n) is 9.87. The highest BCUT2D eigenvalue weighted by Crippen LogP contribution is 2.32. The SMILES string of the molecule is CC(C)COCC(=O)c1ccc2c(c1)N(Cc1ccc(Cl)cc1)C(=O)[C@@H](N)CS2(=O)=O.Cl. The van der Waals surface area contributed by atoms with Gasteiger partial charge in [-0.3, -0.25) is 9.59 Å². The predicted molar refractivity (Wildman–Crippen MR) is 126 cm³/mol. The molecule has 32 heavy (non-hydrogen) atoms. The van der Waals surface area contributed by atoms with Crippen LogP contribution in [0.2, 0.25) is 5.02 Å². The molecule has 1 aliphatic rings. The number of nitrogens with two attached hydrogens (primary N) is 1. The van der Waals surface area contributed by atoms with Crippen molar-refractivity contribution in [1.29, 1.82) is 0 Å². The summed E-state index contributed by atoms with van der Waals surface area (Å²) in [5, 5.41) is 0.542. The van der Waals surface area contributed by atoms with Crippen molar-refractivity contribution < 1.29 is 22.7 Å². The monoisotopic (exact) mass is 500 g/mol. The standard InChI is InChI=1S/C22H25ClN2O5S.ClH/c1-14(2)11-30-12-20(26)16-5-8-21-19(9-16)25(10-15-3-6-17(23)7-4-15)22(27)18(24)13-31(21,28)29;/h3-9,14,18H,10-13,24H2,1-2H3;1H/t18-;/m0./s1. The molecule has 1 heterocycles. The van der Waals surface area contributed by atoms with E-state index in [4.69, 9.17) is 22.1 Å². The van der Waals surface area contributed by atoms with Gasteiger partial charge in [-0.25, -0.2) is 8.42 Å². The zero-order valence-electron chi connectivity index (χ0n) is 17.8. The van der Waals surface area contributed by atoms with Gasteiger partial charge >= 0.3 is 0 Å². The number of Topliss-reactive ketones (excluding diaryl/α,β-unsaturated/α-hetero) is 1. The fraction of sp³-hybridized carbons (Fsp3) is 0.364. The number of ketones is 1. The first-order chi connectivity index (χ1) is 14.6. The summed E-state index contributed by atoms with van der Waals surface area (Å²) in [6.07, 6.45) is 0. The van der Waals surface area contributed by atoms with Gasteiger partial charge in [0.05, 0.1) is 28.9 Å². The van der Waals surface area contributed by atoms with Gasteiger partial charge in [-0.05, 0) is 41.8 Å². The van der Waals surface area contributed by atoms with Crippen molar-refractivity contribution in [3.63, 3.8) is 0 Å². The highest BCUT2D eigenvalue weighted by atomic mass is 35.5. The molecule has 0 radical (unpaired) electrons. The van der Waals surface area contributed by atoms with Crippen molar-refractivity contribution in [2.24, 2.45) is 11.7 Å². The van der Waals surface area contributed by atoms with Gasteiger partial charge in [0.15, 0.2) is 15.6 Å². The second-order valence-electron chi connectivity index (χ2n) is 7.95. The molecule has 2 N–H and O–H groups in total. The number of hydrogen-bond acceptors (Lipinski definition) is 6. The number of nitrogens with zero attached hydrogens (tertiary/aromatic N) is 1. The zero-order valence-corrected chi connectivity index (χ0v) is 20.2. The normalized spacial score (nSPS) is 17.5. The lowest BCUT2D eigenvalue weighted by molar-refractivity contribution is -0.119. The summed E-state index contributed by atoms with van der Waals surface area (Å²) >= 11 is 5.94. The van der Waals surface area contributed by atoms with Crippen molar-refractivity contribution in [1.82, 2.24) is 0 Å². The van der Waals surface area contributed by atoms with E-state index >= 15 is 0 Å². The molecule has 1 aliphatic heterocycles. The number of ether oxygens (including phenoxy) is 1. The van der Waals surface area contributed by atoms with Gasteiger partial charge in [-0.2, -0.15) is 0 Å². The fourth-order valence-corrected chi connectivity index (χ4v) is 4.97. The first kappa shape index (κ1) is 26.3. The average molecular weight is 501 g/mol. The molecule has 3 rings (SSSR count). The largest absolute Gasteiger partial charge is 0.373 e. The van der Waals surface area contributed by atoms with Crippen LogP contribution in [0.4, 0.5) is 5.69 Å². The minimum atomic E-state index is -3.81. The molecule has 1 amide bonds. The van der Waals surface area contributed by atoms with E-state index in [2.05, 4.69) is 0 Å². The Labute approximate surface area is 199 Å². The second-order valence-corrected chi connectivity index (χ2v) is 10.4. The summed E-state index contributed by atoms with van der Waals surface area (Å²) < 4.78 is 31.1. The van der Waals surface area contributed by atoms with Gasteiger partial charge < -0.3 is 15.4 Å². The Morgan fingerprint density at radius 3 is 2.50 bits per heavy atom. The van der Waals surface area contributed by atoms with Crippen LogP contribution in [0.1, 0.15) is 29.8 Å². The predicted octanol–water partition coefficient (Wildman–Crippen LogP) is 3.26. The number of sulfone groups is 1. The molecule has 0 aromatic heterocycles. The highest BCUT2D eigenvalue weighted by molar-refractivity contribution is 7.91. The molecule has 174 valence electrons. The minimum absolute atomic E-state index is 0. The molecule has 0 fully saturated rings. The number of anilines is 1. The molecule has 0 saturated heterocycles. The van der Waals surface area contributed by atoms with Crippen LogP contribution in [0.15, 0.2) is 47.4 Å². The van der Waals surface area contributed by atoms with E-state index in [0.717, 1.165) is 5.56 Å². The van der Waals surface area contributed by atoms with Crippen molar-refractivity contribution in [2.45, 2.75) is 31.3 Å². The molecule has 2 aromatic rings. The third kappa shape index (κ3) is 6.08. The highest BCUT2D eigenvalue weighted by Gasteiger charge is 2.36. The Morgan fingerprint density at radius 2 is 1.88 bits per heavy atom. The molecular weight excluding hydrogens is 475 g/mol. The van der Waals surface area contributed by atoms with E-state index < -0.39 is 27.5 Å². The van der Waals surface area contributed by atoms with Crippen LogP contribution < -0.4 is 10.6 Å². The van der Waals surface area contributed by atoms with Crippen molar-refractivity contribution in [3.8, 4) is 0 Å². The van der Waals surface area contributed by atoms with E-state index in [-0.39, 0.29) is 53.4 Å². The Bertz CT molecular complexity index is 1090. The topological polar surface area (TPSA) is 107 Å². The van der Waals surface area contributed by atoms with Crippen LogP contribution in [-0.4, -0.2) is 45.1 Å². The number of rotatable bonds is 7. The molecular formula is C22H26Cl2N2O5S. The molecule has 2 aromatic carbocycles. The Kier molecular flexibility index (Phi) is 8.84. The third-order valence-electron chi connectivity index (χ3n) is 4.83. The lowest BCUT2D eigenvalue weighted by Gasteiger charge is -2.24. The number of carbonyl (C=O) groups is 2. The summed E-state index contributed by atoms with van der Waals surface area (Å²) in [6.45, 7) is 4.34. The molecule has 0 unspecified atom stereocenters. The average Bonchev–Trinajstić information content (AvgIpc) is 2.77. The second kappa shape index (κ2) is 10.8. The van der Waals surface area contributed by atoms with Gasteiger partial charge in [0.2, 0.25) is 5.91 Å². The van der Waals surface area contributed by atoms with Gasteiger partial charge in [0, 0.05) is 17.2 Å². The third-order valence-corrected chi connectivity index (χ3v) is 6.89. The minimum Gasteiger partial charge on any atom is -0.373 e. The number of carbonyl (C=O) groups excluding carboxylic acids is 2. The Morgan fingerprint density at radius 1 is 1.22 bits per heavy atom. The van der Waals surface area contributed by atoms with E-state index in [1.165, 1.54) is 23.1 Å². The van der Waals surface area contributed by atoms with Crippen molar-refractivity contribution >= 4 is 51.2 Å². The summed E-state index contributed by atoms with van der Waals surface area (Å²) in [5.41, 5.74) is 7.06. The first-order valence-corrected chi connectivity index (χ1v) is 11.9. The smallest absolute Gasteiger partial charge is 0.245 e. The summed E-state index contributed by atoms with van der Waals surface area (Å²) in [5.74, 6) is -1.05. The number of halogens is 2. The zero-order chi connectivity index (χ0) is 22.8. The summed E-state index contributed by atoms with van der Waals surface area (Å²) in [7, 11) is -3.81. The Hall–Kier alpha value is -1.97. The van der Waals surface area contributed by atoms with Crippen molar-refractivity contribution in [2.75, 3.05) is 23.9 Å². The molecule has 7 nitrogen and oxygen atoms in total. The molecule has 0 saturated carbocycles. The van der Waals surface area contributed by atoms with E-state index in [1.807, 2.05) is 13.8 Å². The fourth-order valence-electron chi connectivity index (χ4n) is 3.29. The lowest BCUT2D eigenvalue weighted by Crippen LogP contribution is -2.45. The quantitative estimate of drug-likeness (QED) is 0.584. The van der Waals surface area contributed by atoms with Crippen LogP contribution in [0.25, 0.3) is 0 Å². The number of fused-ring (bicyclic) bond motifs is 1. The molecule has 0 aliphatic carbocycles. The maximum absolute atomic E-state index is 13.0. The summed E-state index contributed by atoms with van der Waals surface area (Å²) in [4.78, 5) is 26.9. The van der Waals surface area contributed by atoms with Gasteiger partial charge in [-0.15, -0.1) is 12.4 Å². The molecule has 0 spiro atoms. The number of hydrogen-bond donors (Lipinski definition) is 1. The van der Waals surface area contributed by atoms with Gasteiger partial charge in [-0.1, -0.05) is 37.6 Å².